The number of carbonyl (C=O) groups is 3. The lowest BCUT2D eigenvalue weighted by Crippen LogP contribution is -2.11. The van der Waals surface area contributed by atoms with Crippen molar-refractivity contribution < 1.29 is 57.0 Å². The zero-order valence-electron chi connectivity index (χ0n) is 35.4. The molecule has 0 bridgehead atoms. The van der Waals surface area contributed by atoms with E-state index in [9.17, 15) is 14.4 Å². The fraction of sp³-hybridized carbons (Fsp3) is 0.235. The minimum absolute atomic E-state index is 0.251. The highest BCUT2D eigenvalue weighted by Gasteiger charge is 2.23. The van der Waals surface area contributed by atoms with Gasteiger partial charge in [0.15, 0.2) is 34.5 Å². The molecule has 7 rings (SSSR count). The number of hydrogen-bond donors (Lipinski definition) is 0. The van der Waals surface area contributed by atoms with Gasteiger partial charge in [-0.15, -0.1) is 0 Å². The molecule has 12 heteroatoms. The highest BCUT2D eigenvalue weighted by Crippen LogP contribution is 2.41. The summed E-state index contributed by atoms with van der Waals surface area (Å²) < 4.78 is 54.2. The van der Waals surface area contributed by atoms with E-state index in [1.807, 2.05) is 36.4 Å². The predicted octanol–water partition coefficient (Wildman–Crippen LogP) is 8.61. The smallest absolute Gasteiger partial charge is 0.161 e. The van der Waals surface area contributed by atoms with E-state index in [4.69, 9.17) is 42.6 Å². The Hall–Kier alpha value is -7.47. The van der Waals surface area contributed by atoms with Crippen molar-refractivity contribution in [3.05, 3.63) is 159 Å². The van der Waals surface area contributed by atoms with Gasteiger partial charge in [-0.1, -0.05) is 0 Å². The van der Waals surface area contributed by atoms with Crippen LogP contribution in [0.5, 0.6) is 51.7 Å². The lowest BCUT2D eigenvalue weighted by atomic mass is 9.94. The predicted molar refractivity (Wildman–Crippen MR) is 236 cm³/mol. The van der Waals surface area contributed by atoms with E-state index in [0.717, 1.165) is 52.2 Å². The van der Waals surface area contributed by atoms with Gasteiger partial charge in [-0.3, -0.25) is 14.4 Å². The number of carbonyl (C=O) groups excluding carboxylic acids is 3. The van der Waals surface area contributed by atoms with Crippen molar-refractivity contribution in [3.63, 3.8) is 0 Å². The van der Waals surface area contributed by atoms with Crippen molar-refractivity contribution in [2.45, 2.75) is 19.3 Å². The maximum Gasteiger partial charge on any atom is 0.161 e. The molecular weight excluding hydrogens is 805 g/mol. The fourth-order valence-electron chi connectivity index (χ4n) is 7.21. The van der Waals surface area contributed by atoms with Crippen molar-refractivity contribution in [1.82, 2.24) is 0 Å². The molecule has 12 nitrogen and oxygen atoms in total. The first-order chi connectivity index (χ1) is 30.9. The molecule has 1 aliphatic carbocycles. The molecule has 0 spiro atoms. The summed E-state index contributed by atoms with van der Waals surface area (Å²) in [6, 6.07) is 32.9. The molecule has 0 fully saturated rings. The van der Waals surface area contributed by atoms with Crippen LogP contribution in [0.4, 0.5) is 0 Å². The summed E-state index contributed by atoms with van der Waals surface area (Å²) >= 11 is 0. The van der Waals surface area contributed by atoms with Crippen molar-refractivity contribution in [1.29, 1.82) is 0 Å². The van der Waals surface area contributed by atoms with Gasteiger partial charge in [-0.25, -0.2) is 0 Å². The van der Waals surface area contributed by atoms with E-state index in [-0.39, 0.29) is 39.6 Å². The first kappa shape index (κ1) is 43.6. The Labute approximate surface area is 366 Å². The Bertz CT molecular complexity index is 2220. The normalized spacial score (nSPS) is 11.5. The number of rotatable bonds is 21. The molecule has 0 aliphatic heterocycles. The third kappa shape index (κ3) is 11.3. The molecule has 0 saturated carbocycles. The minimum atomic E-state index is 0.251. The van der Waals surface area contributed by atoms with Gasteiger partial charge in [0.25, 0.3) is 0 Å². The topological polar surface area (TPSA) is 134 Å². The summed E-state index contributed by atoms with van der Waals surface area (Å²) in [5.74, 6) is 5.36. The van der Waals surface area contributed by atoms with Gasteiger partial charge in [0.05, 0.1) is 21.3 Å². The SMILES string of the molecule is COc1cc2c(cc1OCCOc1ccc(C=O)cc1)Cc1cc(OC)c(OCCOc3ccc(C=O)cc3)cc1Cc1cc(OC)c(OCCOc3ccc(C=O)cc3)cc1C2. The van der Waals surface area contributed by atoms with Crippen LogP contribution in [0.25, 0.3) is 0 Å². The summed E-state index contributed by atoms with van der Waals surface area (Å²) in [5, 5.41) is 0. The summed E-state index contributed by atoms with van der Waals surface area (Å²) in [6.07, 6.45) is 4.04. The van der Waals surface area contributed by atoms with Crippen LogP contribution < -0.4 is 42.6 Å². The number of ether oxygens (including phenoxy) is 9. The standard InChI is InChI=1S/C51H48O12/c1-55-46-25-37-22-41-29-50(62-20-17-59-44-12-6-35(32-53)7-13-44)48(57-3)27-39(41)24-42-30-51(63-21-18-60-45-14-8-36(33-54)9-15-45)47(56-2)26-38(42)23-40(37)28-49(46)61-19-16-58-43-10-4-34(31-52)5-11-43/h4-15,25-33H,16-24H2,1-3H3. The quantitative estimate of drug-likeness (QED) is 0.0506. The van der Waals surface area contributed by atoms with Gasteiger partial charge >= 0.3 is 0 Å². The fourth-order valence-corrected chi connectivity index (χ4v) is 7.21. The summed E-state index contributed by atoms with van der Waals surface area (Å²) in [6.45, 7) is 1.57. The molecule has 0 amide bonds. The summed E-state index contributed by atoms with van der Waals surface area (Å²) in [4.78, 5) is 33.2. The Morgan fingerprint density at radius 2 is 0.556 bits per heavy atom. The first-order valence-corrected chi connectivity index (χ1v) is 20.4. The number of aldehydes is 3. The maximum atomic E-state index is 11.1. The molecule has 6 aromatic rings. The van der Waals surface area contributed by atoms with Crippen LogP contribution >= 0.6 is 0 Å². The average Bonchev–Trinajstić information content (AvgIpc) is 3.38. The van der Waals surface area contributed by atoms with Crippen molar-refractivity contribution in [2.24, 2.45) is 0 Å². The van der Waals surface area contributed by atoms with Crippen molar-refractivity contribution >= 4 is 18.9 Å². The van der Waals surface area contributed by atoms with E-state index >= 15 is 0 Å². The van der Waals surface area contributed by atoms with Gasteiger partial charge in [0.1, 0.15) is 75.7 Å². The van der Waals surface area contributed by atoms with E-state index < -0.39 is 0 Å². The van der Waals surface area contributed by atoms with Crippen LogP contribution in [-0.4, -0.2) is 79.8 Å². The lowest BCUT2D eigenvalue weighted by molar-refractivity contribution is 0.111. The number of methoxy groups -OCH3 is 3. The highest BCUT2D eigenvalue weighted by atomic mass is 16.6. The Morgan fingerprint density at radius 3 is 0.778 bits per heavy atom. The van der Waals surface area contributed by atoms with Crippen LogP contribution in [0.3, 0.4) is 0 Å². The number of benzene rings is 6. The molecule has 1 aliphatic rings. The zero-order valence-corrected chi connectivity index (χ0v) is 35.4. The number of hydrogen-bond acceptors (Lipinski definition) is 12. The molecule has 0 N–H and O–H groups in total. The number of fused-ring (bicyclic) bond motifs is 3. The minimum Gasteiger partial charge on any atom is -0.493 e. The van der Waals surface area contributed by atoms with E-state index in [1.54, 1.807) is 94.1 Å². The van der Waals surface area contributed by atoms with Crippen molar-refractivity contribution in [2.75, 3.05) is 61.0 Å². The van der Waals surface area contributed by atoms with Gasteiger partial charge in [0.2, 0.25) is 0 Å². The zero-order chi connectivity index (χ0) is 44.0. The molecule has 0 unspecified atom stereocenters. The molecule has 0 heterocycles. The molecule has 0 aromatic heterocycles. The van der Waals surface area contributed by atoms with Gasteiger partial charge in [-0.05, 0) is 162 Å². The van der Waals surface area contributed by atoms with Gasteiger partial charge in [0, 0.05) is 16.7 Å². The second-order valence-electron chi connectivity index (χ2n) is 14.5. The van der Waals surface area contributed by atoms with Crippen LogP contribution in [0.15, 0.2) is 109 Å². The van der Waals surface area contributed by atoms with E-state index in [2.05, 4.69) is 0 Å². The highest BCUT2D eigenvalue weighted by molar-refractivity contribution is 5.75. The second kappa shape index (κ2) is 21.4. The first-order valence-electron chi connectivity index (χ1n) is 20.4. The third-order valence-electron chi connectivity index (χ3n) is 10.5. The molecule has 6 aromatic carbocycles. The Kier molecular flexibility index (Phi) is 14.8. The van der Waals surface area contributed by atoms with E-state index in [0.29, 0.717) is 87.7 Å². The van der Waals surface area contributed by atoms with Crippen LogP contribution in [0.2, 0.25) is 0 Å². The molecule has 324 valence electrons. The summed E-state index contributed by atoms with van der Waals surface area (Å²) in [5.41, 5.74) is 7.92. The van der Waals surface area contributed by atoms with E-state index in [1.165, 1.54) is 0 Å². The summed E-state index contributed by atoms with van der Waals surface area (Å²) in [7, 11) is 4.86. The Morgan fingerprint density at radius 1 is 0.333 bits per heavy atom. The van der Waals surface area contributed by atoms with Crippen molar-refractivity contribution in [3.8, 4) is 51.7 Å². The molecule has 0 atom stereocenters. The molecule has 0 radical (unpaired) electrons. The molecule has 0 saturated heterocycles. The monoisotopic (exact) mass is 852 g/mol. The maximum absolute atomic E-state index is 11.1. The Balaban J connectivity index is 1.17. The van der Waals surface area contributed by atoms with Gasteiger partial charge < -0.3 is 42.6 Å². The molecule has 63 heavy (non-hydrogen) atoms. The molecular formula is C51H48O12. The average molecular weight is 853 g/mol. The van der Waals surface area contributed by atoms with Crippen LogP contribution in [0.1, 0.15) is 64.5 Å². The van der Waals surface area contributed by atoms with Crippen LogP contribution in [0, 0.1) is 0 Å². The van der Waals surface area contributed by atoms with Gasteiger partial charge in [-0.2, -0.15) is 0 Å². The second-order valence-corrected chi connectivity index (χ2v) is 14.5. The lowest BCUT2D eigenvalue weighted by Gasteiger charge is -2.18. The van der Waals surface area contributed by atoms with Crippen LogP contribution in [-0.2, 0) is 19.3 Å². The third-order valence-corrected chi connectivity index (χ3v) is 10.5. The largest absolute Gasteiger partial charge is 0.493 e.